The highest BCUT2D eigenvalue weighted by Crippen LogP contribution is 2.04. The Morgan fingerprint density at radius 1 is 1.65 bits per heavy atom. The number of carbonyl (C=O) groups excluding carboxylic acids is 1. The van der Waals surface area contributed by atoms with Gasteiger partial charge in [-0.15, -0.1) is 0 Å². The van der Waals surface area contributed by atoms with E-state index in [1.165, 1.54) is 6.20 Å². The van der Waals surface area contributed by atoms with Crippen LogP contribution in [-0.2, 0) is 4.74 Å². The smallest absolute Gasteiger partial charge is 0.269 e. The number of nitrogens with one attached hydrogen (secondary N) is 1. The number of amides is 1. The second-order valence-corrected chi connectivity index (χ2v) is 4.64. The number of morpholine rings is 1. The van der Waals surface area contributed by atoms with Crippen molar-refractivity contribution in [1.29, 1.82) is 5.26 Å². The predicted molar refractivity (Wildman–Crippen MR) is 73.1 cm³/mol. The highest BCUT2D eigenvalue weighted by atomic mass is 16.5. The molecule has 0 bridgehead atoms. The summed E-state index contributed by atoms with van der Waals surface area (Å²) < 4.78 is 5.61. The number of carbonyl (C=O) groups is 1. The predicted octanol–water partition coefficient (Wildman–Crippen LogP) is 0.404. The van der Waals surface area contributed by atoms with Gasteiger partial charge in [0.05, 0.1) is 18.3 Å². The molecule has 0 spiro atoms. The van der Waals surface area contributed by atoms with E-state index in [0.29, 0.717) is 24.4 Å². The molecule has 2 heterocycles. The van der Waals surface area contributed by atoms with Crippen molar-refractivity contribution >= 4 is 5.91 Å². The van der Waals surface area contributed by atoms with E-state index in [2.05, 4.69) is 22.1 Å². The Kier molecular flexibility index (Phi) is 5.04. The summed E-state index contributed by atoms with van der Waals surface area (Å²) >= 11 is 0. The molecule has 1 saturated heterocycles. The molecule has 1 N–H and O–H groups in total. The molecule has 1 atom stereocenters. The van der Waals surface area contributed by atoms with Crippen LogP contribution >= 0.6 is 0 Å². The fourth-order valence-corrected chi connectivity index (χ4v) is 2.08. The number of hydrogen-bond donors (Lipinski definition) is 1. The van der Waals surface area contributed by atoms with Crippen LogP contribution < -0.4 is 5.32 Å². The lowest BCUT2D eigenvalue weighted by atomic mass is 10.2. The van der Waals surface area contributed by atoms with Gasteiger partial charge in [0.25, 0.3) is 5.91 Å². The molecule has 1 aromatic rings. The Morgan fingerprint density at radius 2 is 2.50 bits per heavy atom. The maximum absolute atomic E-state index is 11.9. The van der Waals surface area contributed by atoms with Gasteiger partial charge >= 0.3 is 0 Å². The zero-order chi connectivity index (χ0) is 14.4. The van der Waals surface area contributed by atoms with Crippen LogP contribution in [0.15, 0.2) is 18.3 Å². The molecule has 1 amide bonds. The molecule has 0 aromatic carbocycles. The number of nitriles is 1. The van der Waals surface area contributed by atoms with E-state index in [9.17, 15) is 4.79 Å². The van der Waals surface area contributed by atoms with Crippen LogP contribution in [0, 0.1) is 11.3 Å². The minimum absolute atomic E-state index is 0.0195. The van der Waals surface area contributed by atoms with Crippen LogP contribution in [0.4, 0.5) is 0 Å². The third-order valence-electron chi connectivity index (χ3n) is 3.29. The Labute approximate surface area is 118 Å². The van der Waals surface area contributed by atoms with Gasteiger partial charge in [0.2, 0.25) is 0 Å². The average Bonchev–Trinajstić information content (AvgIpc) is 2.53. The zero-order valence-corrected chi connectivity index (χ0v) is 11.5. The molecular weight excluding hydrogens is 256 g/mol. The summed E-state index contributed by atoms with van der Waals surface area (Å²) in [5.41, 5.74) is 0.753. The molecule has 1 aromatic heterocycles. The lowest BCUT2D eigenvalue weighted by molar-refractivity contribution is -0.0246. The summed E-state index contributed by atoms with van der Waals surface area (Å²) in [5.74, 6) is -0.244. The summed E-state index contributed by atoms with van der Waals surface area (Å²) in [6, 6.07) is 5.10. The summed E-state index contributed by atoms with van der Waals surface area (Å²) in [5, 5.41) is 11.5. The number of likely N-dealkylation sites (N-methyl/N-ethyl adjacent to an activating group) is 1. The van der Waals surface area contributed by atoms with Crippen molar-refractivity contribution in [3.05, 3.63) is 29.6 Å². The van der Waals surface area contributed by atoms with E-state index < -0.39 is 0 Å². The van der Waals surface area contributed by atoms with Crippen molar-refractivity contribution in [2.75, 3.05) is 32.8 Å². The first-order valence-corrected chi connectivity index (χ1v) is 6.71. The van der Waals surface area contributed by atoms with Crippen LogP contribution in [0.2, 0.25) is 0 Å². The van der Waals surface area contributed by atoms with Crippen LogP contribution in [0.25, 0.3) is 0 Å². The number of aromatic nitrogens is 1. The van der Waals surface area contributed by atoms with Crippen molar-refractivity contribution in [3.8, 4) is 6.07 Å². The van der Waals surface area contributed by atoms with Crippen molar-refractivity contribution in [2.24, 2.45) is 0 Å². The normalized spacial score (nSPS) is 19.3. The monoisotopic (exact) mass is 274 g/mol. The number of hydrogen-bond acceptors (Lipinski definition) is 5. The van der Waals surface area contributed by atoms with Gasteiger partial charge in [-0.2, -0.15) is 5.26 Å². The third-order valence-corrected chi connectivity index (χ3v) is 3.29. The molecule has 0 saturated carbocycles. The molecule has 0 aliphatic carbocycles. The van der Waals surface area contributed by atoms with Crippen molar-refractivity contribution in [3.63, 3.8) is 0 Å². The van der Waals surface area contributed by atoms with Crippen LogP contribution in [0.3, 0.4) is 0 Å². The fourth-order valence-electron chi connectivity index (χ4n) is 2.08. The van der Waals surface area contributed by atoms with E-state index >= 15 is 0 Å². The lowest BCUT2D eigenvalue weighted by Gasteiger charge is -2.32. The lowest BCUT2D eigenvalue weighted by Crippen LogP contribution is -2.47. The van der Waals surface area contributed by atoms with Crippen LogP contribution in [-0.4, -0.2) is 54.7 Å². The van der Waals surface area contributed by atoms with Crippen LogP contribution in [0.5, 0.6) is 0 Å². The van der Waals surface area contributed by atoms with Gasteiger partial charge in [-0.1, -0.05) is 6.92 Å². The molecular formula is C14H18N4O2. The third kappa shape index (κ3) is 3.76. The molecule has 20 heavy (non-hydrogen) atoms. The first-order chi connectivity index (χ1) is 9.72. The van der Waals surface area contributed by atoms with E-state index in [4.69, 9.17) is 10.00 Å². The Balaban J connectivity index is 1.83. The fraction of sp³-hybridized carbons (Fsp3) is 0.500. The number of rotatable bonds is 4. The van der Waals surface area contributed by atoms with E-state index in [1.54, 1.807) is 12.1 Å². The first kappa shape index (κ1) is 14.4. The highest BCUT2D eigenvalue weighted by molar-refractivity contribution is 5.92. The molecule has 1 fully saturated rings. The maximum Gasteiger partial charge on any atom is 0.269 e. The van der Waals surface area contributed by atoms with Gasteiger partial charge in [0.1, 0.15) is 11.8 Å². The molecule has 6 nitrogen and oxygen atoms in total. The first-order valence-electron chi connectivity index (χ1n) is 6.71. The molecule has 0 radical (unpaired) electrons. The van der Waals surface area contributed by atoms with Crippen molar-refractivity contribution in [2.45, 2.75) is 13.0 Å². The number of nitrogens with zero attached hydrogens (tertiary/aromatic N) is 3. The average molecular weight is 274 g/mol. The zero-order valence-electron chi connectivity index (χ0n) is 11.5. The summed E-state index contributed by atoms with van der Waals surface area (Å²) in [6.07, 6.45) is 1.41. The van der Waals surface area contributed by atoms with Crippen LogP contribution in [0.1, 0.15) is 23.0 Å². The Bertz CT molecular complexity index is 495. The quantitative estimate of drug-likeness (QED) is 0.860. The Morgan fingerprint density at radius 3 is 3.15 bits per heavy atom. The SMILES string of the molecule is CCN1CCOC(CNC(=O)c2ccc(C#N)cn2)C1. The van der Waals surface area contributed by atoms with Gasteiger partial charge in [-0.3, -0.25) is 9.69 Å². The number of pyridine rings is 1. The van der Waals surface area contributed by atoms with Gasteiger partial charge in [0, 0.05) is 25.8 Å². The van der Waals surface area contributed by atoms with Crippen molar-refractivity contribution in [1.82, 2.24) is 15.2 Å². The number of ether oxygens (including phenoxy) is 1. The molecule has 2 rings (SSSR count). The van der Waals surface area contributed by atoms with Gasteiger partial charge in [-0.05, 0) is 18.7 Å². The molecule has 1 unspecified atom stereocenters. The second-order valence-electron chi connectivity index (χ2n) is 4.64. The topological polar surface area (TPSA) is 78.2 Å². The highest BCUT2D eigenvalue weighted by Gasteiger charge is 2.20. The van der Waals surface area contributed by atoms with Gasteiger partial charge < -0.3 is 10.1 Å². The standard InChI is InChI=1S/C14H18N4O2/c1-2-18-5-6-20-12(10-18)9-17-14(19)13-4-3-11(7-15)8-16-13/h3-4,8,12H,2,5-6,9-10H2,1H3,(H,17,19). The largest absolute Gasteiger partial charge is 0.374 e. The van der Waals surface area contributed by atoms with Gasteiger partial charge in [-0.25, -0.2) is 4.98 Å². The summed E-state index contributed by atoms with van der Waals surface area (Å²) in [4.78, 5) is 18.2. The minimum Gasteiger partial charge on any atom is -0.374 e. The van der Waals surface area contributed by atoms with E-state index in [-0.39, 0.29) is 12.0 Å². The Hall–Kier alpha value is -1.97. The van der Waals surface area contributed by atoms with Crippen molar-refractivity contribution < 1.29 is 9.53 Å². The minimum atomic E-state index is -0.244. The molecule has 1 aliphatic heterocycles. The second kappa shape index (κ2) is 6.98. The molecule has 106 valence electrons. The maximum atomic E-state index is 11.9. The molecule has 6 heteroatoms. The summed E-state index contributed by atoms with van der Waals surface area (Å²) in [6.45, 7) is 6.04. The van der Waals surface area contributed by atoms with E-state index in [1.807, 2.05) is 6.07 Å². The van der Waals surface area contributed by atoms with Gasteiger partial charge in [0.15, 0.2) is 0 Å². The molecule has 1 aliphatic rings. The van der Waals surface area contributed by atoms with E-state index in [0.717, 1.165) is 19.6 Å². The summed E-state index contributed by atoms with van der Waals surface area (Å²) in [7, 11) is 0.